The second-order valence-corrected chi connectivity index (χ2v) is 9.98. The van der Waals surface area contributed by atoms with Crippen LogP contribution in [0.5, 0.6) is 11.5 Å². The summed E-state index contributed by atoms with van der Waals surface area (Å²) in [5.74, 6) is 1.19. The summed E-state index contributed by atoms with van der Waals surface area (Å²) in [6.45, 7) is 16.6. The van der Waals surface area contributed by atoms with Gasteiger partial charge in [-0.3, -0.25) is 0 Å². The van der Waals surface area contributed by atoms with Gasteiger partial charge in [0.1, 0.15) is 17.1 Å². The minimum Gasteiger partial charge on any atom is -0.493 e. The minimum atomic E-state index is -0.695. The van der Waals surface area contributed by atoms with E-state index in [1.165, 1.54) is 6.08 Å². The molecule has 1 heterocycles. The van der Waals surface area contributed by atoms with Gasteiger partial charge < -0.3 is 14.2 Å². The molecule has 0 spiro atoms. The van der Waals surface area contributed by atoms with Crippen LogP contribution < -0.4 is 9.47 Å². The fraction of sp³-hybridized carbons (Fsp3) is 0.464. The molecule has 0 aromatic heterocycles. The van der Waals surface area contributed by atoms with Crippen LogP contribution in [0, 0.1) is 0 Å². The molecule has 1 aliphatic heterocycles. The number of alkyl halides is 1. The highest BCUT2D eigenvalue weighted by Gasteiger charge is 2.34. The number of allylic oxidation sites excluding steroid dienone is 5. The molecule has 1 aliphatic rings. The molecule has 33 heavy (non-hydrogen) atoms. The fourth-order valence-corrected chi connectivity index (χ4v) is 3.87. The molecule has 180 valence electrons. The standard InChI is InChI=1S/C28H37ClO4/c1-9-20(14-12-13-19(4)17-23(30)31-10-2)22-18-21-15-16-27(5,6)33-25(21)24(28(7,8)29)26(22)32-11-3/h12-18H,9-11H2,1-8H3/b13-12+,19-17+,20-14-. The van der Waals surface area contributed by atoms with Crippen LogP contribution in [0.2, 0.25) is 0 Å². The van der Waals surface area contributed by atoms with Crippen LogP contribution in [0.15, 0.2) is 42.0 Å². The van der Waals surface area contributed by atoms with Crippen molar-refractivity contribution in [1.29, 1.82) is 0 Å². The molecular formula is C28H37ClO4. The van der Waals surface area contributed by atoms with Crippen LogP contribution in [0.4, 0.5) is 0 Å². The van der Waals surface area contributed by atoms with Crippen LogP contribution in [-0.4, -0.2) is 24.8 Å². The number of rotatable bonds is 9. The van der Waals surface area contributed by atoms with Gasteiger partial charge >= 0.3 is 5.97 Å². The van der Waals surface area contributed by atoms with E-state index in [0.29, 0.717) is 13.2 Å². The third-order valence-corrected chi connectivity index (χ3v) is 5.38. The maximum absolute atomic E-state index is 11.7. The molecule has 0 amide bonds. The monoisotopic (exact) mass is 472 g/mol. The third kappa shape index (κ3) is 7.01. The van der Waals surface area contributed by atoms with Crippen LogP contribution in [-0.2, 0) is 14.4 Å². The van der Waals surface area contributed by atoms with Gasteiger partial charge in [0, 0.05) is 17.2 Å². The molecule has 0 saturated heterocycles. The zero-order valence-corrected chi connectivity index (χ0v) is 21.9. The molecule has 1 aromatic carbocycles. The molecule has 0 aliphatic carbocycles. The van der Waals surface area contributed by atoms with Gasteiger partial charge in [-0.25, -0.2) is 4.79 Å². The zero-order valence-electron chi connectivity index (χ0n) is 21.2. The Hall–Kier alpha value is -2.46. The Kier molecular flexibility index (Phi) is 9.02. The highest BCUT2D eigenvalue weighted by molar-refractivity contribution is 6.24. The molecule has 0 N–H and O–H groups in total. The average Bonchev–Trinajstić information content (AvgIpc) is 2.70. The van der Waals surface area contributed by atoms with E-state index in [1.807, 2.05) is 53.7 Å². The first-order valence-electron chi connectivity index (χ1n) is 11.6. The molecule has 5 heteroatoms. The lowest BCUT2D eigenvalue weighted by Gasteiger charge is -2.34. The number of benzene rings is 1. The van der Waals surface area contributed by atoms with Gasteiger partial charge in [-0.05, 0) is 78.2 Å². The van der Waals surface area contributed by atoms with Crippen LogP contribution >= 0.6 is 11.6 Å². The molecule has 1 aromatic rings. The molecule has 0 radical (unpaired) electrons. The summed E-state index contributed by atoms with van der Waals surface area (Å²) in [5.41, 5.74) is 4.32. The number of esters is 1. The van der Waals surface area contributed by atoms with Crippen molar-refractivity contribution >= 4 is 29.2 Å². The maximum atomic E-state index is 11.7. The first kappa shape index (κ1) is 26.8. The Morgan fingerprint density at radius 3 is 2.48 bits per heavy atom. The molecule has 2 rings (SSSR count). The van der Waals surface area contributed by atoms with Crippen molar-refractivity contribution in [2.24, 2.45) is 0 Å². The van der Waals surface area contributed by atoms with Gasteiger partial charge in [-0.1, -0.05) is 31.2 Å². The van der Waals surface area contributed by atoms with Crippen molar-refractivity contribution in [3.63, 3.8) is 0 Å². The smallest absolute Gasteiger partial charge is 0.330 e. The number of fused-ring (bicyclic) bond motifs is 1. The Morgan fingerprint density at radius 2 is 1.91 bits per heavy atom. The normalized spacial score (nSPS) is 15.9. The van der Waals surface area contributed by atoms with Crippen molar-refractivity contribution < 1.29 is 19.0 Å². The minimum absolute atomic E-state index is 0.337. The largest absolute Gasteiger partial charge is 0.493 e. The first-order chi connectivity index (χ1) is 15.4. The SMILES string of the molecule is CCOC(=O)/C=C(C)/C=C/C=C(/CC)c1cc2c(c(C(C)(C)Cl)c1OCC)OC(C)(C)C=C2. The van der Waals surface area contributed by atoms with Crippen LogP contribution in [0.3, 0.4) is 0 Å². The number of hydrogen-bond acceptors (Lipinski definition) is 4. The maximum Gasteiger partial charge on any atom is 0.330 e. The highest BCUT2D eigenvalue weighted by atomic mass is 35.5. The summed E-state index contributed by atoms with van der Waals surface area (Å²) in [5, 5.41) is 0. The molecule has 0 unspecified atom stereocenters. The number of halogens is 1. The van der Waals surface area contributed by atoms with Gasteiger partial charge in [-0.2, -0.15) is 0 Å². The van der Waals surface area contributed by atoms with Crippen molar-refractivity contribution in [3.05, 3.63) is 58.7 Å². The van der Waals surface area contributed by atoms with E-state index >= 15 is 0 Å². The van der Waals surface area contributed by atoms with Gasteiger partial charge in [-0.15, -0.1) is 11.6 Å². The average molecular weight is 473 g/mol. The fourth-order valence-electron chi connectivity index (χ4n) is 3.69. The predicted molar refractivity (Wildman–Crippen MR) is 138 cm³/mol. The Labute approximate surface area is 204 Å². The number of ether oxygens (including phenoxy) is 3. The summed E-state index contributed by atoms with van der Waals surface area (Å²) in [7, 11) is 0. The van der Waals surface area contributed by atoms with Gasteiger partial charge in [0.2, 0.25) is 0 Å². The van der Waals surface area contributed by atoms with Crippen molar-refractivity contribution in [2.75, 3.05) is 13.2 Å². The summed E-state index contributed by atoms with van der Waals surface area (Å²) in [6.07, 6.45) is 12.3. The highest BCUT2D eigenvalue weighted by Crippen LogP contribution is 2.50. The summed E-state index contributed by atoms with van der Waals surface area (Å²) in [4.78, 5) is 11.0. The number of carbonyl (C=O) groups excluding carboxylic acids is 1. The number of hydrogen-bond donors (Lipinski definition) is 0. The van der Waals surface area contributed by atoms with Gasteiger partial charge in [0.15, 0.2) is 0 Å². The van der Waals surface area contributed by atoms with Crippen molar-refractivity contribution in [3.8, 4) is 11.5 Å². The Bertz CT molecular complexity index is 988. The van der Waals surface area contributed by atoms with E-state index in [-0.39, 0.29) is 5.97 Å². The first-order valence-corrected chi connectivity index (χ1v) is 11.9. The van der Waals surface area contributed by atoms with Crippen LogP contribution in [0.25, 0.3) is 11.6 Å². The van der Waals surface area contributed by atoms with Crippen LogP contribution in [0.1, 0.15) is 78.5 Å². The number of carbonyl (C=O) groups is 1. The van der Waals surface area contributed by atoms with Crippen molar-refractivity contribution in [2.45, 2.75) is 72.3 Å². The van der Waals surface area contributed by atoms with E-state index in [1.54, 1.807) is 6.92 Å². The second kappa shape index (κ2) is 11.1. The zero-order chi connectivity index (χ0) is 24.8. The second-order valence-electron chi connectivity index (χ2n) is 9.04. The summed E-state index contributed by atoms with van der Waals surface area (Å²) in [6, 6.07) is 2.11. The lowest BCUT2D eigenvalue weighted by atomic mass is 9.88. The van der Waals surface area contributed by atoms with E-state index < -0.39 is 10.5 Å². The predicted octanol–water partition coefficient (Wildman–Crippen LogP) is 7.60. The van der Waals surface area contributed by atoms with Gasteiger partial charge in [0.25, 0.3) is 0 Å². The molecule has 0 fully saturated rings. The van der Waals surface area contributed by atoms with E-state index in [0.717, 1.165) is 45.8 Å². The lowest BCUT2D eigenvalue weighted by molar-refractivity contribution is -0.137. The van der Waals surface area contributed by atoms with E-state index in [2.05, 4.69) is 31.2 Å². The molecule has 0 saturated carbocycles. The molecule has 0 bridgehead atoms. The van der Waals surface area contributed by atoms with Gasteiger partial charge in [0.05, 0.1) is 23.7 Å². The quantitative estimate of drug-likeness (QED) is 0.160. The topological polar surface area (TPSA) is 44.8 Å². The summed E-state index contributed by atoms with van der Waals surface area (Å²) < 4.78 is 17.5. The summed E-state index contributed by atoms with van der Waals surface area (Å²) >= 11 is 6.90. The third-order valence-electron chi connectivity index (χ3n) is 5.19. The van der Waals surface area contributed by atoms with E-state index in [4.69, 9.17) is 25.8 Å². The van der Waals surface area contributed by atoms with E-state index in [9.17, 15) is 4.79 Å². The lowest BCUT2D eigenvalue weighted by Crippen LogP contribution is -2.30. The molecular weight excluding hydrogens is 436 g/mol. The Balaban J connectivity index is 2.63. The molecule has 4 nitrogen and oxygen atoms in total. The van der Waals surface area contributed by atoms with Crippen molar-refractivity contribution in [1.82, 2.24) is 0 Å². The molecule has 0 atom stereocenters. The Morgan fingerprint density at radius 1 is 1.21 bits per heavy atom.